The minimum absolute atomic E-state index is 0.500. The third kappa shape index (κ3) is 20.5. The molecule has 0 spiro atoms. The minimum atomic E-state index is 0.500. The molecule has 0 fully saturated rings. The lowest BCUT2D eigenvalue weighted by Gasteiger charge is -1.17. The molecule has 0 amide bonds. The van der Waals surface area contributed by atoms with E-state index in [1.54, 1.807) is 0 Å². The summed E-state index contributed by atoms with van der Waals surface area (Å²) in [5, 5.41) is 0. The van der Waals surface area contributed by atoms with Crippen LogP contribution < -0.4 is 0 Å². The first-order valence-corrected chi connectivity index (χ1v) is 0.856. The molecule has 2 heteroatoms. The molecule has 0 bridgehead atoms. The molecule has 0 aromatic carbocycles. The van der Waals surface area contributed by atoms with Crippen LogP contribution in [0.3, 0.4) is 0 Å². The Morgan fingerprint density at radius 1 is 1.60 bits per heavy atom. The topological polar surface area (TPSA) is 0 Å². The highest BCUT2D eigenvalue weighted by atomic mass is 19.1. The summed E-state index contributed by atoms with van der Waals surface area (Å²) < 4.78 is 19.3. The van der Waals surface area contributed by atoms with E-state index in [4.69, 9.17) is 0 Å². The van der Waals surface area contributed by atoms with Crippen molar-refractivity contribution in [1.82, 2.24) is 0 Å². The number of hydrogen-bond acceptors (Lipinski definition) is 0. The first-order chi connectivity index (χ1) is 2.41. The monoisotopic (exact) mass is 78.0 g/mol. The van der Waals surface area contributed by atoms with E-state index < -0.39 is 0 Å². The number of hydrogen-bond donors (Lipinski definition) is 0. The molecule has 0 saturated heterocycles. The highest BCUT2D eigenvalue weighted by Gasteiger charge is 1.15. The first-order valence-electron chi connectivity index (χ1n) is 0.856. The zero-order valence-corrected chi connectivity index (χ0v) is 2.83. The summed E-state index contributed by atoms with van der Waals surface area (Å²) in [6.45, 7) is 0. The maximum atomic E-state index is 9.82. The van der Waals surface area contributed by atoms with Gasteiger partial charge in [0.25, 0.3) is 0 Å². The number of alkyl halides is 1. The third-order valence-corrected chi connectivity index (χ3v) is 0. The van der Waals surface area contributed by atoms with E-state index >= 15 is 0 Å². The molecule has 0 radical (unpaired) electrons. The standard InChI is InChI=1S/C2HF.CH3F/c1-2-3;1-2/h1H;1H3. The fourth-order valence-electron chi connectivity index (χ4n) is 0. The Bertz CT molecular complexity index is 26.4. The quantitative estimate of drug-likeness (QED) is 0.381. The van der Waals surface area contributed by atoms with Gasteiger partial charge in [0, 0.05) is 0 Å². The van der Waals surface area contributed by atoms with Crippen LogP contribution in [0.15, 0.2) is 0 Å². The lowest BCUT2D eigenvalue weighted by atomic mass is 11.4. The van der Waals surface area contributed by atoms with E-state index in [-0.39, 0.29) is 0 Å². The average Bonchev–Trinajstić information content (AvgIpc) is 1.46. The van der Waals surface area contributed by atoms with Gasteiger partial charge in [0.15, 0.2) is 0 Å². The summed E-state index contributed by atoms with van der Waals surface area (Å²) >= 11 is 0. The molecule has 0 aliphatic rings. The van der Waals surface area contributed by atoms with Crippen LogP contribution in [0.2, 0.25) is 0 Å². The van der Waals surface area contributed by atoms with Crippen molar-refractivity contribution < 1.29 is 8.78 Å². The molecule has 0 heterocycles. The molecule has 0 aromatic rings. The van der Waals surface area contributed by atoms with Crippen LogP contribution >= 0.6 is 0 Å². The molecule has 0 N–H and O–H groups in total. The molecule has 0 aliphatic heterocycles. The van der Waals surface area contributed by atoms with Crippen molar-refractivity contribution in [3.8, 4) is 12.6 Å². The van der Waals surface area contributed by atoms with Gasteiger partial charge >= 0.3 is 0 Å². The molecule has 0 aromatic heterocycles. The SMILES string of the molecule is C#CF.CF. The fraction of sp³-hybridized carbons (Fsp3) is 0.333. The second-order valence-corrected chi connectivity index (χ2v) is 0.109. The lowest BCUT2D eigenvalue weighted by Crippen LogP contribution is -1.02. The lowest BCUT2D eigenvalue weighted by molar-refractivity contribution is 0.636. The first kappa shape index (κ1) is 8.83. The highest BCUT2D eigenvalue weighted by Crippen LogP contribution is 1.34. The Balaban J connectivity index is 0. The Hall–Kier alpha value is -0.580. The van der Waals surface area contributed by atoms with Crippen LogP contribution in [-0.4, -0.2) is 7.18 Å². The molecular formula is C3H4F2. The molecule has 0 unspecified atom stereocenters. The Kier molecular flexibility index (Phi) is 200. The van der Waals surface area contributed by atoms with Crippen LogP contribution in [0.5, 0.6) is 0 Å². The van der Waals surface area contributed by atoms with Gasteiger partial charge in [-0.25, -0.2) is 0 Å². The van der Waals surface area contributed by atoms with Gasteiger partial charge < -0.3 is 0 Å². The third-order valence-electron chi connectivity index (χ3n) is 0. The predicted molar refractivity (Wildman–Crippen MR) is 17.0 cm³/mol. The second-order valence-electron chi connectivity index (χ2n) is 0.109. The van der Waals surface area contributed by atoms with Gasteiger partial charge in [0.1, 0.15) is 6.17 Å². The summed E-state index contributed by atoms with van der Waals surface area (Å²) in [5.74, 6) is 0. The van der Waals surface area contributed by atoms with E-state index in [1.807, 2.05) is 0 Å². The van der Waals surface area contributed by atoms with Gasteiger partial charge in [-0.05, 0) is 0 Å². The van der Waals surface area contributed by atoms with Crippen LogP contribution in [0.4, 0.5) is 8.78 Å². The summed E-state index contributed by atoms with van der Waals surface area (Å²) in [7, 11) is 0.500. The number of rotatable bonds is 0. The van der Waals surface area contributed by atoms with E-state index in [9.17, 15) is 8.78 Å². The maximum absolute atomic E-state index is 9.82. The van der Waals surface area contributed by atoms with Crippen molar-refractivity contribution in [2.45, 2.75) is 0 Å². The molecule has 0 aliphatic carbocycles. The molecule has 0 atom stereocenters. The maximum Gasteiger partial charge on any atom is 0.102 e. The zero-order chi connectivity index (χ0) is 4.71. The molecule has 30 valence electrons. The van der Waals surface area contributed by atoms with Gasteiger partial charge in [-0.1, -0.05) is 6.42 Å². The van der Waals surface area contributed by atoms with Crippen LogP contribution in [0.1, 0.15) is 0 Å². The zero-order valence-electron chi connectivity index (χ0n) is 2.83. The van der Waals surface area contributed by atoms with Crippen LogP contribution in [0.25, 0.3) is 0 Å². The molecular weight excluding hydrogens is 74.0 g/mol. The minimum Gasteiger partial charge on any atom is -0.255 e. The van der Waals surface area contributed by atoms with Crippen molar-refractivity contribution in [2.24, 2.45) is 0 Å². The van der Waals surface area contributed by atoms with Crippen molar-refractivity contribution in [1.29, 1.82) is 0 Å². The van der Waals surface area contributed by atoms with Gasteiger partial charge in [-0.2, -0.15) is 0 Å². The summed E-state index contributed by atoms with van der Waals surface area (Å²) in [5.41, 5.74) is 0. The van der Waals surface area contributed by atoms with Crippen LogP contribution in [0, 0.1) is 12.6 Å². The Labute approximate surface area is 29.8 Å². The van der Waals surface area contributed by atoms with Gasteiger partial charge in [-0.15, -0.1) is 4.39 Å². The van der Waals surface area contributed by atoms with Crippen molar-refractivity contribution in [3.63, 3.8) is 0 Å². The number of halogens is 2. The van der Waals surface area contributed by atoms with Gasteiger partial charge in [0.2, 0.25) is 0 Å². The summed E-state index contributed by atoms with van der Waals surface area (Å²) in [6.07, 6.45) is 4.68. The average molecular weight is 78.1 g/mol. The van der Waals surface area contributed by atoms with Gasteiger partial charge in [-0.3, -0.25) is 4.39 Å². The molecule has 0 nitrogen and oxygen atoms in total. The Morgan fingerprint density at radius 3 is 1.60 bits per heavy atom. The van der Waals surface area contributed by atoms with E-state index in [1.165, 1.54) is 0 Å². The van der Waals surface area contributed by atoms with E-state index in [0.29, 0.717) is 7.18 Å². The predicted octanol–water partition coefficient (Wildman–Crippen LogP) is 1.13. The van der Waals surface area contributed by atoms with E-state index in [2.05, 4.69) is 6.42 Å². The molecule has 0 rings (SSSR count). The Morgan fingerprint density at radius 2 is 1.60 bits per heavy atom. The molecule has 5 heavy (non-hydrogen) atoms. The van der Waals surface area contributed by atoms with Crippen LogP contribution in [-0.2, 0) is 0 Å². The van der Waals surface area contributed by atoms with E-state index in [0.717, 1.165) is 6.17 Å². The number of terminal acetylenes is 1. The van der Waals surface area contributed by atoms with Gasteiger partial charge in [0.05, 0.1) is 7.18 Å². The van der Waals surface area contributed by atoms with Crippen molar-refractivity contribution in [3.05, 3.63) is 0 Å². The van der Waals surface area contributed by atoms with Crippen molar-refractivity contribution in [2.75, 3.05) is 7.18 Å². The summed E-state index contributed by atoms with van der Waals surface area (Å²) in [6, 6.07) is 0. The van der Waals surface area contributed by atoms with Crippen molar-refractivity contribution >= 4 is 0 Å². The normalized spacial score (nSPS) is 2.80. The highest BCUT2D eigenvalue weighted by molar-refractivity contribution is 4.63. The smallest absolute Gasteiger partial charge is 0.102 e. The second kappa shape index (κ2) is 114. The largest absolute Gasteiger partial charge is 0.255 e. The summed E-state index contributed by atoms with van der Waals surface area (Å²) in [4.78, 5) is 0. The fourth-order valence-corrected chi connectivity index (χ4v) is 0. The molecule has 0 saturated carbocycles.